The minimum atomic E-state index is -0.209. The van der Waals surface area contributed by atoms with Crippen molar-refractivity contribution in [3.05, 3.63) is 22.8 Å². The number of halogens is 1. The van der Waals surface area contributed by atoms with Gasteiger partial charge in [-0.1, -0.05) is 11.6 Å². The van der Waals surface area contributed by atoms with Gasteiger partial charge in [0.25, 0.3) is 0 Å². The van der Waals surface area contributed by atoms with Gasteiger partial charge in [-0.15, -0.1) is 0 Å². The Hall–Kier alpha value is -1.13. The van der Waals surface area contributed by atoms with Crippen LogP contribution in [0.5, 0.6) is 0 Å². The number of carbonyl (C=O) groups is 1. The molecule has 0 aliphatic carbocycles. The van der Waals surface area contributed by atoms with E-state index in [0.717, 1.165) is 0 Å². The van der Waals surface area contributed by atoms with Crippen molar-refractivity contribution in [2.24, 2.45) is 0 Å². The number of hydrogen-bond donors (Lipinski definition) is 1. The van der Waals surface area contributed by atoms with Crippen molar-refractivity contribution in [1.29, 1.82) is 0 Å². The average Bonchev–Trinajstić information content (AvgIpc) is 2.18. The van der Waals surface area contributed by atoms with Gasteiger partial charge in [0, 0.05) is 12.8 Å². The monoisotopic (exact) mass is 214 g/mol. The number of pyridine rings is 1. The predicted octanol–water partition coefficient (Wildman–Crippen LogP) is 1.54. The first-order valence-electron chi connectivity index (χ1n) is 4.17. The molecule has 0 saturated carbocycles. The molecule has 0 atom stereocenters. The minimum Gasteiger partial charge on any atom is -0.383 e. The number of ketones is 1. The van der Waals surface area contributed by atoms with Gasteiger partial charge in [-0.25, -0.2) is 4.98 Å². The number of rotatable bonds is 4. The standard InChI is InChI=1S/C9H11ClN2O2/c1-2-14-5-8(13)7-3-6(10)4-12-9(7)11/h3-4H,2,5H2,1H3,(H2,11,12). The predicted molar refractivity (Wildman–Crippen MR) is 54.5 cm³/mol. The van der Waals surface area contributed by atoms with Crippen molar-refractivity contribution < 1.29 is 9.53 Å². The summed E-state index contributed by atoms with van der Waals surface area (Å²) in [6.45, 7) is 2.30. The number of anilines is 1. The topological polar surface area (TPSA) is 65.2 Å². The summed E-state index contributed by atoms with van der Waals surface area (Å²) in [5, 5.41) is 0.388. The van der Waals surface area contributed by atoms with Crippen molar-refractivity contribution in [2.75, 3.05) is 18.9 Å². The fourth-order valence-corrected chi connectivity index (χ4v) is 1.10. The van der Waals surface area contributed by atoms with Gasteiger partial charge in [0.2, 0.25) is 0 Å². The molecule has 0 saturated heterocycles. The van der Waals surface area contributed by atoms with Crippen LogP contribution < -0.4 is 5.73 Å². The Bertz CT molecular complexity index is 342. The van der Waals surface area contributed by atoms with E-state index in [1.54, 1.807) is 0 Å². The summed E-state index contributed by atoms with van der Waals surface area (Å²) in [5.41, 5.74) is 5.83. The molecule has 1 heterocycles. The molecule has 76 valence electrons. The number of aromatic nitrogens is 1. The number of Topliss-reactive ketones (excluding diaryl/α,β-unsaturated/α-hetero) is 1. The van der Waals surface area contributed by atoms with Gasteiger partial charge >= 0.3 is 0 Å². The van der Waals surface area contributed by atoms with Gasteiger partial charge in [-0.3, -0.25) is 4.79 Å². The Morgan fingerprint density at radius 3 is 3.07 bits per heavy atom. The fourth-order valence-electron chi connectivity index (χ4n) is 0.946. The maximum Gasteiger partial charge on any atom is 0.192 e. The Morgan fingerprint density at radius 1 is 1.71 bits per heavy atom. The molecule has 4 nitrogen and oxygen atoms in total. The fraction of sp³-hybridized carbons (Fsp3) is 0.333. The molecule has 1 aromatic heterocycles. The Kier molecular flexibility index (Phi) is 3.85. The third kappa shape index (κ3) is 2.68. The maximum atomic E-state index is 11.5. The Balaban J connectivity index is 2.83. The van der Waals surface area contributed by atoms with Crippen LogP contribution in [0.15, 0.2) is 12.3 Å². The number of nitrogens with two attached hydrogens (primary N) is 1. The largest absolute Gasteiger partial charge is 0.383 e. The second-order valence-electron chi connectivity index (χ2n) is 2.65. The number of carbonyl (C=O) groups excluding carboxylic acids is 1. The zero-order valence-electron chi connectivity index (χ0n) is 7.79. The van der Waals surface area contributed by atoms with Crippen LogP contribution >= 0.6 is 11.6 Å². The first kappa shape index (κ1) is 10.9. The maximum absolute atomic E-state index is 11.5. The molecule has 0 aliphatic rings. The van der Waals surface area contributed by atoms with E-state index in [9.17, 15) is 4.79 Å². The minimum absolute atomic E-state index is 0.00270. The lowest BCUT2D eigenvalue weighted by molar-refractivity contribution is 0.0784. The van der Waals surface area contributed by atoms with Crippen LogP contribution in [0.4, 0.5) is 5.82 Å². The first-order valence-corrected chi connectivity index (χ1v) is 4.55. The molecule has 1 aromatic rings. The SMILES string of the molecule is CCOCC(=O)c1cc(Cl)cnc1N. The van der Waals surface area contributed by atoms with Gasteiger partial charge in [0.1, 0.15) is 12.4 Å². The van der Waals surface area contributed by atoms with E-state index >= 15 is 0 Å². The van der Waals surface area contributed by atoms with Crippen molar-refractivity contribution in [1.82, 2.24) is 4.98 Å². The van der Waals surface area contributed by atoms with Crippen LogP contribution in [-0.4, -0.2) is 24.0 Å². The summed E-state index contributed by atoms with van der Waals surface area (Å²) in [6, 6.07) is 1.49. The van der Waals surface area contributed by atoms with Crippen LogP contribution in [0.25, 0.3) is 0 Å². The molecule has 0 bridgehead atoms. The molecule has 0 aromatic carbocycles. The summed E-state index contributed by atoms with van der Waals surface area (Å²) >= 11 is 5.68. The summed E-state index contributed by atoms with van der Waals surface area (Å²) in [7, 11) is 0. The summed E-state index contributed by atoms with van der Waals surface area (Å²) in [4.78, 5) is 15.3. The summed E-state index contributed by atoms with van der Waals surface area (Å²) in [6.07, 6.45) is 1.40. The number of ether oxygens (including phenoxy) is 1. The van der Waals surface area contributed by atoms with E-state index < -0.39 is 0 Å². The molecule has 14 heavy (non-hydrogen) atoms. The highest BCUT2D eigenvalue weighted by atomic mass is 35.5. The van der Waals surface area contributed by atoms with Crippen molar-refractivity contribution in [3.8, 4) is 0 Å². The van der Waals surface area contributed by atoms with Gasteiger partial charge in [0.15, 0.2) is 5.78 Å². The molecule has 0 aliphatic heterocycles. The molecule has 0 spiro atoms. The lowest BCUT2D eigenvalue weighted by atomic mass is 10.2. The van der Waals surface area contributed by atoms with E-state index in [1.165, 1.54) is 12.3 Å². The number of hydrogen-bond acceptors (Lipinski definition) is 4. The van der Waals surface area contributed by atoms with Gasteiger partial charge < -0.3 is 10.5 Å². The van der Waals surface area contributed by atoms with Crippen LogP contribution in [0, 0.1) is 0 Å². The van der Waals surface area contributed by atoms with Gasteiger partial charge in [-0.2, -0.15) is 0 Å². The summed E-state index contributed by atoms with van der Waals surface area (Å²) < 4.78 is 4.97. The third-order valence-corrected chi connectivity index (χ3v) is 1.83. The molecule has 1 rings (SSSR count). The second kappa shape index (κ2) is 4.93. The summed E-state index contributed by atoms with van der Waals surface area (Å²) in [5.74, 6) is -0.0292. The van der Waals surface area contributed by atoms with Crippen molar-refractivity contribution in [3.63, 3.8) is 0 Å². The zero-order valence-corrected chi connectivity index (χ0v) is 8.54. The normalized spacial score (nSPS) is 10.1. The molecule has 5 heteroatoms. The molecule has 0 unspecified atom stereocenters. The quantitative estimate of drug-likeness (QED) is 0.773. The van der Waals surface area contributed by atoms with Crippen molar-refractivity contribution in [2.45, 2.75) is 6.92 Å². The molecule has 0 radical (unpaired) electrons. The van der Waals surface area contributed by atoms with Crippen LogP contribution in [0.2, 0.25) is 5.02 Å². The van der Waals surface area contributed by atoms with E-state index in [1.807, 2.05) is 6.92 Å². The van der Waals surface area contributed by atoms with E-state index in [4.69, 9.17) is 22.1 Å². The van der Waals surface area contributed by atoms with E-state index in [-0.39, 0.29) is 18.2 Å². The number of nitrogens with zero attached hydrogens (tertiary/aromatic N) is 1. The zero-order chi connectivity index (χ0) is 10.6. The Labute approximate surface area is 87.0 Å². The molecular weight excluding hydrogens is 204 g/mol. The molecular formula is C9H11ClN2O2. The molecule has 2 N–H and O–H groups in total. The molecule has 0 fully saturated rings. The Morgan fingerprint density at radius 2 is 2.43 bits per heavy atom. The van der Waals surface area contributed by atoms with Crippen LogP contribution in [0.1, 0.15) is 17.3 Å². The van der Waals surface area contributed by atoms with Crippen LogP contribution in [0.3, 0.4) is 0 Å². The highest BCUT2D eigenvalue weighted by Gasteiger charge is 2.11. The highest BCUT2D eigenvalue weighted by molar-refractivity contribution is 6.31. The van der Waals surface area contributed by atoms with Gasteiger partial charge in [0.05, 0.1) is 10.6 Å². The smallest absolute Gasteiger partial charge is 0.192 e. The van der Waals surface area contributed by atoms with Crippen molar-refractivity contribution >= 4 is 23.2 Å². The van der Waals surface area contributed by atoms with Crippen LogP contribution in [-0.2, 0) is 4.74 Å². The van der Waals surface area contributed by atoms with Gasteiger partial charge in [-0.05, 0) is 13.0 Å². The van der Waals surface area contributed by atoms with E-state index in [2.05, 4.69) is 4.98 Å². The lowest BCUT2D eigenvalue weighted by Gasteiger charge is -2.04. The highest BCUT2D eigenvalue weighted by Crippen LogP contribution is 2.15. The molecule has 0 amide bonds. The third-order valence-electron chi connectivity index (χ3n) is 1.62. The second-order valence-corrected chi connectivity index (χ2v) is 3.08. The van der Waals surface area contributed by atoms with E-state index in [0.29, 0.717) is 17.2 Å². The average molecular weight is 215 g/mol. The first-order chi connectivity index (χ1) is 6.65. The number of nitrogen functional groups attached to an aromatic ring is 1. The lowest BCUT2D eigenvalue weighted by Crippen LogP contribution is -2.12.